The van der Waals surface area contributed by atoms with Crippen LogP contribution in [0.4, 0.5) is 4.39 Å². The van der Waals surface area contributed by atoms with Gasteiger partial charge in [0.25, 0.3) is 12.9 Å². The van der Waals surface area contributed by atoms with Gasteiger partial charge in [-0.25, -0.2) is 4.39 Å². The first-order valence-corrected chi connectivity index (χ1v) is 10.3. The zero-order valence-electron chi connectivity index (χ0n) is 18.0. The van der Waals surface area contributed by atoms with Gasteiger partial charge in [0.2, 0.25) is 0 Å². The Morgan fingerprint density at radius 1 is 1.00 bits per heavy atom. The molecule has 0 amide bonds. The summed E-state index contributed by atoms with van der Waals surface area (Å²) in [5.41, 5.74) is 1.12. The fraction of sp³-hybridized carbons (Fsp3) is 0.619. The summed E-state index contributed by atoms with van der Waals surface area (Å²) in [6.07, 6.45) is -1.97. The first-order chi connectivity index (χ1) is 15.0. The number of nitrogens with zero attached hydrogens (tertiary/aromatic N) is 3. The molecule has 0 bridgehead atoms. The fourth-order valence-electron chi connectivity index (χ4n) is 3.52. The average molecular weight is 444 g/mol. The minimum atomic E-state index is -1.12. The van der Waals surface area contributed by atoms with Crippen molar-refractivity contribution in [2.24, 2.45) is 0 Å². The Morgan fingerprint density at radius 3 is 2.03 bits per heavy atom. The zero-order valence-corrected chi connectivity index (χ0v) is 18.0. The first kappa shape index (κ1) is 26.8. The Morgan fingerprint density at radius 2 is 1.55 bits per heavy atom. The van der Waals surface area contributed by atoms with E-state index in [2.05, 4.69) is 16.7 Å². The number of ether oxygens (including phenoxy) is 1. The predicted octanol–water partition coefficient (Wildman–Crippen LogP) is 0.619. The van der Waals surface area contributed by atoms with E-state index in [1.165, 1.54) is 0 Å². The number of carbonyl (C=O) groups is 2. The smallest absolute Gasteiger partial charge is 0.290 e. The predicted molar refractivity (Wildman–Crippen MR) is 114 cm³/mol. The van der Waals surface area contributed by atoms with Gasteiger partial charge in [0.05, 0.1) is 6.10 Å². The number of piperazine rings is 1. The Bertz CT molecular complexity index is 598. The molecule has 2 aliphatic rings. The van der Waals surface area contributed by atoms with E-state index in [0.717, 1.165) is 50.6 Å². The highest BCUT2D eigenvalue weighted by molar-refractivity contribution is 5.33. The molecule has 3 rings (SSSR count). The molecule has 1 aromatic carbocycles. The Hall–Kier alpha value is -2.27. The van der Waals surface area contributed by atoms with Gasteiger partial charge in [0, 0.05) is 52.4 Å². The largest absolute Gasteiger partial charge is 0.492 e. The summed E-state index contributed by atoms with van der Waals surface area (Å²) in [6.45, 7) is 10.4. The lowest BCUT2D eigenvalue weighted by Gasteiger charge is -2.33. The molecule has 0 radical (unpaired) electrons. The second kappa shape index (κ2) is 15.5. The summed E-state index contributed by atoms with van der Waals surface area (Å²) in [4.78, 5) is 23.6. The van der Waals surface area contributed by atoms with Crippen LogP contribution in [-0.2, 0) is 16.1 Å². The van der Waals surface area contributed by atoms with Gasteiger partial charge in [-0.15, -0.1) is 0 Å². The van der Waals surface area contributed by atoms with Crippen molar-refractivity contribution in [1.82, 2.24) is 14.7 Å². The van der Waals surface area contributed by atoms with Crippen LogP contribution in [0.25, 0.3) is 0 Å². The number of halogens is 1. The summed E-state index contributed by atoms with van der Waals surface area (Å²) in [7, 11) is 0. The van der Waals surface area contributed by atoms with E-state index in [0.29, 0.717) is 26.2 Å². The molecule has 2 atom stereocenters. The molecule has 3 N–H and O–H groups in total. The Labute approximate surface area is 182 Å². The van der Waals surface area contributed by atoms with Gasteiger partial charge in [-0.1, -0.05) is 19.1 Å². The average Bonchev–Trinajstić information content (AvgIpc) is 3.08. The lowest BCUT2D eigenvalue weighted by molar-refractivity contribution is -0.123. The molecule has 10 heteroatoms. The third kappa shape index (κ3) is 10.5. The number of hydrogen-bond acceptors (Lipinski definition) is 7. The van der Waals surface area contributed by atoms with Gasteiger partial charge in [0.1, 0.15) is 18.5 Å². The molecule has 0 saturated carbocycles. The number of likely N-dealkylation sites (N-methyl/N-ethyl adjacent to an activating group) is 1. The summed E-state index contributed by atoms with van der Waals surface area (Å²) >= 11 is 0. The number of benzene rings is 1. The summed E-state index contributed by atoms with van der Waals surface area (Å²) < 4.78 is 19.2. The molecule has 1 aromatic rings. The van der Waals surface area contributed by atoms with Crippen LogP contribution in [0.15, 0.2) is 24.3 Å². The number of aliphatic hydroxyl groups is 1. The van der Waals surface area contributed by atoms with Crippen LogP contribution in [0.5, 0.6) is 5.75 Å². The third-order valence-corrected chi connectivity index (χ3v) is 5.21. The minimum absolute atomic E-state index is 0.250. The molecule has 0 unspecified atom stereocenters. The zero-order chi connectivity index (χ0) is 23.1. The van der Waals surface area contributed by atoms with Crippen molar-refractivity contribution in [3.8, 4) is 5.75 Å². The van der Waals surface area contributed by atoms with E-state index in [-0.39, 0.29) is 12.9 Å². The van der Waals surface area contributed by atoms with E-state index in [4.69, 9.17) is 24.5 Å². The molecule has 31 heavy (non-hydrogen) atoms. The number of hydrogen-bond donors (Lipinski definition) is 3. The lowest BCUT2D eigenvalue weighted by Crippen LogP contribution is -2.47. The van der Waals surface area contributed by atoms with Gasteiger partial charge in [-0.05, 0) is 24.2 Å². The van der Waals surface area contributed by atoms with E-state index in [1.807, 2.05) is 29.2 Å². The molecule has 2 saturated heterocycles. The topological polar surface area (TPSA) is 114 Å². The molecular formula is C21H34FN3O6. The highest BCUT2D eigenvalue weighted by Gasteiger charge is 2.30. The van der Waals surface area contributed by atoms with Crippen molar-refractivity contribution >= 4 is 12.9 Å². The Balaban J connectivity index is 0.000000720. The number of alkyl halides is 1. The molecule has 0 aliphatic carbocycles. The van der Waals surface area contributed by atoms with E-state index < -0.39 is 12.3 Å². The van der Waals surface area contributed by atoms with E-state index >= 15 is 0 Å². The molecular weight excluding hydrogens is 409 g/mol. The maximum atomic E-state index is 13.4. The normalized spacial score (nSPS) is 21.9. The van der Waals surface area contributed by atoms with Crippen LogP contribution < -0.4 is 4.74 Å². The summed E-state index contributed by atoms with van der Waals surface area (Å²) in [5, 5.41) is 23.3. The first-order valence-electron chi connectivity index (χ1n) is 10.3. The molecule has 2 fully saturated rings. The molecule has 9 nitrogen and oxygen atoms in total. The van der Waals surface area contributed by atoms with Crippen LogP contribution >= 0.6 is 0 Å². The van der Waals surface area contributed by atoms with Crippen molar-refractivity contribution < 1.29 is 34.0 Å². The van der Waals surface area contributed by atoms with Crippen LogP contribution in [0.1, 0.15) is 12.5 Å². The molecule has 2 aliphatic heterocycles. The SMILES string of the molecule is CCN1CCN(CCOc2ccc(CN3C[C@@H](O)[C@H](F)C3)cc2)CC1.O=CO.O=CO. The van der Waals surface area contributed by atoms with Crippen molar-refractivity contribution in [3.63, 3.8) is 0 Å². The van der Waals surface area contributed by atoms with Crippen LogP contribution in [0.3, 0.4) is 0 Å². The molecule has 176 valence electrons. The van der Waals surface area contributed by atoms with Gasteiger partial charge < -0.3 is 25.0 Å². The van der Waals surface area contributed by atoms with Gasteiger partial charge in [-0.3, -0.25) is 19.4 Å². The van der Waals surface area contributed by atoms with Crippen molar-refractivity contribution in [1.29, 1.82) is 0 Å². The fourth-order valence-corrected chi connectivity index (χ4v) is 3.52. The molecule has 0 spiro atoms. The van der Waals surface area contributed by atoms with Crippen LogP contribution in [0.2, 0.25) is 0 Å². The second-order valence-corrected chi connectivity index (χ2v) is 7.26. The quantitative estimate of drug-likeness (QED) is 0.522. The number of aliphatic hydroxyl groups excluding tert-OH is 1. The maximum Gasteiger partial charge on any atom is 0.290 e. The van der Waals surface area contributed by atoms with Crippen LogP contribution in [-0.4, -0.2) is 114 Å². The number of likely N-dealkylation sites (tertiary alicyclic amines) is 1. The van der Waals surface area contributed by atoms with Crippen molar-refractivity contribution in [3.05, 3.63) is 29.8 Å². The van der Waals surface area contributed by atoms with Crippen LogP contribution in [0, 0.1) is 0 Å². The molecule has 0 aromatic heterocycles. The lowest BCUT2D eigenvalue weighted by atomic mass is 10.2. The standard InChI is InChI=1S/C19H30FN3O2.2CH2O2/c1-2-21-7-9-22(10-8-21)11-12-25-17-5-3-16(4-6-17)13-23-14-18(20)19(24)15-23;2*2-1-3/h3-6,18-19,24H,2,7-15H2,1H3;2*1H,(H,2,3)/t18-,19-;;/m1../s1. The van der Waals surface area contributed by atoms with Gasteiger partial charge >= 0.3 is 0 Å². The Kier molecular flexibility index (Phi) is 13.4. The maximum absolute atomic E-state index is 13.4. The summed E-state index contributed by atoms with van der Waals surface area (Å²) in [5.74, 6) is 0.876. The number of β-amino-alcohol motifs (C(OH)–C–C–N with tert-alkyl or cyclic N) is 1. The number of carboxylic acid groups (broad SMARTS) is 2. The van der Waals surface area contributed by atoms with E-state index in [1.54, 1.807) is 0 Å². The van der Waals surface area contributed by atoms with Gasteiger partial charge in [-0.2, -0.15) is 0 Å². The van der Waals surface area contributed by atoms with Crippen molar-refractivity contribution in [2.45, 2.75) is 25.7 Å². The minimum Gasteiger partial charge on any atom is -0.492 e. The summed E-state index contributed by atoms with van der Waals surface area (Å²) in [6, 6.07) is 7.99. The third-order valence-electron chi connectivity index (χ3n) is 5.21. The molecule has 2 heterocycles. The van der Waals surface area contributed by atoms with Gasteiger partial charge in [0.15, 0.2) is 0 Å². The number of rotatable bonds is 7. The van der Waals surface area contributed by atoms with E-state index in [9.17, 15) is 9.50 Å². The second-order valence-electron chi connectivity index (χ2n) is 7.26. The highest BCUT2D eigenvalue weighted by Crippen LogP contribution is 2.18. The monoisotopic (exact) mass is 443 g/mol. The van der Waals surface area contributed by atoms with Crippen molar-refractivity contribution in [2.75, 3.05) is 59.0 Å². The highest BCUT2D eigenvalue weighted by atomic mass is 19.1.